The molecule has 0 aromatic rings. The molecule has 21 nitrogen and oxygen atoms in total. The molecular formula is C36H57N7O14. The predicted molar refractivity (Wildman–Crippen MR) is 199 cm³/mol. The molecule has 0 bridgehead atoms. The van der Waals surface area contributed by atoms with Gasteiger partial charge in [-0.1, -0.05) is 41.0 Å². The van der Waals surface area contributed by atoms with Crippen molar-refractivity contribution in [1.82, 2.24) is 36.8 Å². The normalized spacial score (nSPS) is 16.3. The zero-order chi connectivity index (χ0) is 43.6. The minimum atomic E-state index is -1.53. The van der Waals surface area contributed by atoms with Crippen molar-refractivity contribution in [2.75, 3.05) is 13.1 Å². The van der Waals surface area contributed by atoms with Gasteiger partial charge in [-0.2, -0.15) is 0 Å². The molecule has 9 N–H and O–H groups in total. The Bertz CT molecular complexity index is 1520. The smallest absolute Gasteiger partial charge is 0.305 e. The third kappa shape index (κ3) is 17.0. The molecule has 0 radical (unpaired) electrons. The number of nitrogens with zero attached hydrogens (tertiary/aromatic N) is 1. The molecule has 1 aliphatic heterocycles. The van der Waals surface area contributed by atoms with Crippen LogP contribution in [-0.2, 0) is 52.7 Å². The number of carboxylic acids is 3. The Morgan fingerprint density at radius 1 is 0.632 bits per heavy atom. The fraction of sp³-hybridized carbons (Fsp3) is 0.694. The summed E-state index contributed by atoms with van der Waals surface area (Å²) < 4.78 is 0. The van der Waals surface area contributed by atoms with E-state index in [9.17, 15) is 57.8 Å². The number of carbonyl (C=O) groups excluding carboxylic acids is 8. The number of carbonyl (C=O) groups is 11. The third-order valence-corrected chi connectivity index (χ3v) is 9.00. The Kier molecular flexibility index (Phi) is 20.9. The van der Waals surface area contributed by atoms with E-state index in [1.165, 1.54) is 4.90 Å². The summed E-state index contributed by atoms with van der Waals surface area (Å²) in [6.07, 6.45) is -1.17. The fourth-order valence-corrected chi connectivity index (χ4v) is 5.97. The molecule has 0 spiro atoms. The van der Waals surface area contributed by atoms with Gasteiger partial charge in [0.1, 0.15) is 30.2 Å². The van der Waals surface area contributed by atoms with Crippen LogP contribution in [0.2, 0.25) is 0 Å². The van der Waals surface area contributed by atoms with E-state index >= 15 is 0 Å². The van der Waals surface area contributed by atoms with Crippen molar-refractivity contribution < 1.29 is 68.1 Å². The standard InChI is InChI=1S/C36H57N7O14/c1-7-9-21(30(51)35(56)37-16-15-27(49)50)39-33(54)24-10-8-17-43(24)36(57)29(19(4)5)42-34(55)28(18(2)3)41-32(53)23(12-14-26(47)48)40-31(52)22(38-20(6)44)11-13-25(45)46/h18-19,21-24,28-29H,7-17H2,1-6H3,(H,37,56)(H,38,44)(H,39,54)(H,40,52)(H,41,53)(H,42,55)(H,45,46)(H,47,48)(H,49,50). The van der Waals surface area contributed by atoms with E-state index < -0.39 is 139 Å². The first-order valence-corrected chi connectivity index (χ1v) is 18.9. The number of aliphatic carboxylic acids is 3. The van der Waals surface area contributed by atoms with Gasteiger partial charge in [-0.25, -0.2) is 0 Å². The summed E-state index contributed by atoms with van der Waals surface area (Å²) in [6.45, 7) is 9.11. The van der Waals surface area contributed by atoms with Gasteiger partial charge in [-0.3, -0.25) is 52.7 Å². The van der Waals surface area contributed by atoms with E-state index in [1.807, 2.05) is 0 Å². The number of amides is 7. The van der Waals surface area contributed by atoms with Crippen LogP contribution in [0.15, 0.2) is 0 Å². The van der Waals surface area contributed by atoms with Crippen molar-refractivity contribution in [1.29, 1.82) is 0 Å². The molecule has 0 aliphatic carbocycles. The molecule has 21 heteroatoms. The van der Waals surface area contributed by atoms with Crippen LogP contribution in [0.4, 0.5) is 0 Å². The van der Waals surface area contributed by atoms with Gasteiger partial charge < -0.3 is 52.1 Å². The van der Waals surface area contributed by atoms with Gasteiger partial charge in [-0.05, 0) is 43.9 Å². The summed E-state index contributed by atoms with van der Waals surface area (Å²) in [5.74, 6) is -11.7. The van der Waals surface area contributed by atoms with Gasteiger partial charge >= 0.3 is 17.9 Å². The van der Waals surface area contributed by atoms with Crippen molar-refractivity contribution in [2.24, 2.45) is 11.8 Å². The maximum absolute atomic E-state index is 14.0. The molecule has 320 valence electrons. The SMILES string of the molecule is CCCC(NC(=O)C1CCCN1C(=O)C(NC(=O)C(NC(=O)C(CCC(=O)O)NC(=O)C(CCC(=O)O)NC(C)=O)C(C)C)C(C)C)C(=O)C(=O)NCCC(=O)O. The summed E-state index contributed by atoms with van der Waals surface area (Å²) in [4.78, 5) is 139. The number of Topliss-reactive ketones (excluding diaryl/α,β-unsaturated/α-hetero) is 1. The first-order chi connectivity index (χ1) is 26.6. The number of hydrogen-bond donors (Lipinski definition) is 9. The highest BCUT2D eigenvalue weighted by Crippen LogP contribution is 2.21. The molecule has 6 unspecified atom stereocenters. The van der Waals surface area contributed by atoms with Gasteiger partial charge in [0.15, 0.2) is 0 Å². The quantitative estimate of drug-likeness (QED) is 0.0471. The van der Waals surface area contributed by atoms with Crippen molar-refractivity contribution in [3.05, 3.63) is 0 Å². The lowest BCUT2D eigenvalue weighted by atomic mass is 9.98. The van der Waals surface area contributed by atoms with Gasteiger partial charge in [0.25, 0.3) is 5.91 Å². The summed E-state index contributed by atoms with van der Waals surface area (Å²) in [6, 6.07) is -7.75. The average Bonchev–Trinajstić information content (AvgIpc) is 3.61. The summed E-state index contributed by atoms with van der Waals surface area (Å²) >= 11 is 0. The van der Waals surface area contributed by atoms with Crippen molar-refractivity contribution >= 4 is 65.0 Å². The van der Waals surface area contributed by atoms with Crippen LogP contribution in [0.25, 0.3) is 0 Å². The van der Waals surface area contributed by atoms with Crippen LogP contribution in [0.5, 0.6) is 0 Å². The monoisotopic (exact) mass is 811 g/mol. The zero-order valence-electron chi connectivity index (χ0n) is 33.2. The minimum Gasteiger partial charge on any atom is -0.481 e. The number of nitrogens with one attached hydrogen (secondary N) is 6. The Morgan fingerprint density at radius 3 is 1.63 bits per heavy atom. The van der Waals surface area contributed by atoms with Gasteiger partial charge in [-0.15, -0.1) is 0 Å². The minimum absolute atomic E-state index is 0.0893. The van der Waals surface area contributed by atoms with Gasteiger partial charge in [0, 0.05) is 32.9 Å². The molecule has 1 saturated heterocycles. The van der Waals surface area contributed by atoms with Crippen molar-refractivity contribution in [3.8, 4) is 0 Å². The number of ketones is 1. The molecule has 1 aliphatic rings. The van der Waals surface area contributed by atoms with Gasteiger partial charge in [0.2, 0.25) is 41.2 Å². The molecule has 0 aromatic heterocycles. The Hall–Kier alpha value is -5.63. The van der Waals surface area contributed by atoms with Crippen LogP contribution in [-0.4, -0.2) is 135 Å². The lowest BCUT2D eigenvalue weighted by molar-refractivity contribution is -0.144. The van der Waals surface area contributed by atoms with E-state index in [0.717, 1.165) is 6.92 Å². The van der Waals surface area contributed by atoms with Crippen molar-refractivity contribution in [2.45, 2.75) is 136 Å². The third-order valence-electron chi connectivity index (χ3n) is 9.00. The molecule has 1 heterocycles. The van der Waals surface area contributed by atoms with Gasteiger partial charge in [0.05, 0.1) is 12.5 Å². The molecule has 0 saturated carbocycles. The Morgan fingerprint density at radius 2 is 1.14 bits per heavy atom. The van der Waals surface area contributed by atoms with E-state index in [0.29, 0.717) is 12.8 Å². The van der Waals surface area contributed by atoms with E-state index in [1.54, 1.807) is 34.6 Å². The lowest BCUT2D eigenvalue weighted by Crippen LogP contribution is -2.61. The molecule has 1 fully saturated rings. The number of carboxylic acid groups (broad SMARTS) is 3. The first kappa shape index (κ1) is 49.4. The van der Waals surface area contributed by atoms with Crippen LogP contribution in [0.3, 0.4) is 0 Å². The van der Waals surface area contributed by atoms with Crippen LogP contribution >= 0.6 is 0 Å². The number of likely N-dealkylation sites (tertiary alicyclic amines) is 1. The molecular weight excluding hydrogens is 754 g/mol. The molecule has 1 rings (SSSR count). The maximum atomic E-state index is 14.0. The number of hydrogen-bond acceptors (Lipinski definition) is 11. The predicted octanol–water partition coefficient (Wildman–Crippen LogP) is -1.58. The Labute approximate surface area is 330 Å². The maximum Gasteiger partial charge on any atom is 0.305 e. The first-order valence-electron chi connectivity index (χ1n) is 18.9. The van der Waals surface area contributed by atoms with Crippen LogP contribution < -0.4 is 31.9 Å². The highest BCUT2D eigenvalue weighted by Gasteiger charge is 2.41. The topological polar surface area (TPSA) is 324 Å². The largest absolute Gasteiger partial charge is 0.481 e. The highest BCUT2D eigenvalue weighted by atomic mass is 16.4. The Balaban J connectivity index is 3.21. The van der Waals surface area contributed by atoms with Crippen molar-refractivity contribution in [3.63, 3.8) is 0 Å². The second-order valence-electron chi connectivity index (χ2n) is 14.4. The fourth-order valence-electron chi connectivity index (χ4n) is 5.97. The highest BCUT2D eigenvalue weighted by molar-refractivity contribution is 6.38. The summed E-state index contributed by atoms with van der Waals surface area (Å²) in [5, 5.41) is 41.7. The van der Waals surface area contributed by atoms with E-state index in [2.05, 4.69) is 31.9 Å². The molecule has 57 heavy (non-hydrogen) atoms. The second kappa shape index (κ2) is 24.1. The second-order valence-corrected chi connectivity index (χ2v) is 14.4. The number of rotatable bonds is 25. The zero-order valence-corrected chi connectivity index (χ0v) is 33.2. The molecule has 6 atom stereocenters. The summed E-state index contributed by atoms with van der Waals surface area (Å²) in [7, 11) is 0. The molecule has 0 aromatic carbocycles. The molecule has 7 amide bonds. The van der Waals surface area contributed by atoms with Crippen LogP contribution in [0.1, 0.15) is 99.3 Å². The van der Waals surface area contributed by atoms with E-state index in [-0.39, 0.29) is 32.4 Å². The van der Waals surface area contributed by atoms with Crippen LogP contribution in [0, 0.1) is 11.8 Å². The lowest BCUT2D eigenvalue weighted by Gasteiger charge is -2.33. The average molecular weight is 812 g/mol. The van der Waals surface area contributed by atoms with E-state index in [4.69, 9.17) is 10.2 Å². The summed E-state index contributed by atoms with van der Waals surface area (Å²) in [5.41, 5.74) is 0.